The summed E-state index contributed by atoms with van der Waals surface area (Å²) in [5.41, 5.74) is 12.3. The van der Waals surface area contributed by atoms with E-state index in [1.54, 1.807) is 0 Å². The van der Waals surface area contributed by atoms with Gasteiger partial charge in [0, 0.05) is 60.0 Å². The molecule has 3 fully saturated rings. The molecule has 6 N–H and O–H groups in total. The van der Waals surface area contributed by atoms with Crippen LogP contribution in [0.1, 0.15) is 93.7 Å². The molecular weight excluding hydrogens is 691 g/mol. The monoisotopic (exact) mass is 743 g/mol. The lowest BCUT2D eigenvalue weighted by atomic mass is 9.47. The first-order chi connectivity index (χ1) is 23.8. The third-order valence-electron chi connectivity index (χ3n) is 14.4. The van der Waals surface area contributed by atoms with Crippen molar-refractivity contribution in [3.05, 3.63) is 46.0 Å². The first kappa shape index (κ1) is 35.2. The zero-order chi connectivity index (χ0) is 34.0. The summed E-state index contributed by atoms with van der Waals surface area (Å²) in [6.07, 6.45) is 9.14. The summed E-state index contributed by atoms with van der Waals surface area (Å²) in [7, 11) is 7.95. The second kappa shape index (κ2) is 13.9. The number of aliphatic imine (C=N–C) groups is 1. The Bertz CT molecular complexity index is 1520. The second-order valence-electron chi connectivity index (χ2n) is 16.3. The van der Waals surface area contributed by atoms with E-state index in [0.717, 1.165) is 86.2 Å². The van der Waals surface area contributed by atoms with E-state index in [9.17, 15) is 20.1 Å². The predicted octanol–water partition coefficient (Wildman–Crippen LogP) is 6.46. The zero-order valence-electron chi connectivity index (χ0n) is 28.7. The minimum absolute atomic E-state index is 0.00870. The number of guanidine groups is 1. The molecule has 0 unspecified atom stereocenters. The molecule has 1 aromatic rings. The van der Waals surface area contributed by atoms with Crippen LogP contribution in [0.15, 0.2) is 34.3 Å². The van der Waals surface area contributed by atoms with Gasteiger partial charge < -0.3 is 26.4 Å². The molecule has 3 heterocycles. The van der Waals surface area contributed by atoms with Crippen LogP contribution in [0.5, 0.6) is 0 Å². The molecule has 0 saturated heterocycles. The number of ketones is 1. The number of allylic oxidation sites excluding steroid dienone is 2. The third kappa shape index (κ3) is 5.60. The van der Waals surface area contributed by atoms with Gasteiger partial charge in [0.15, 0.2) is 11.7 Å². The van der Waals surface area contributed by atoms with Crippen molar-refractivity contribution in [3.63, 3.8) is 0 Å². The summed E-state index contributed by atoms with van der Waals surface area (Å²) in [5, 5.41) is 35.4. The molecule has 49 heavy (non-hydrogen) atoms. The maximum absolute atomic E-state index is 14.6. The van der Waals surface area contributed by atoms with E-state index < -0.39 is 0 Å². The van der Waals surface area contributed by atoms with Crippen LogP contribution in [0.4, 0.5) is 0 Å². The van der Waals surface area contributed by atoms with Crippen LogP contribution >= 0.6 is 43.2 Å². The Kier molecular flexibility index (Phi) is 9.97. The normalized spacial score (nSPS) is 41.8. The average molecular weight is 744 g/mol. The van der Waals surface area contributed by atoms with Gasteiger partial charge in [-0.25, -0.2) is 0 Å². The number of hydrogen-bond donors (Lipinski definition) is 5. The van der Waals surface area contributed by atoms with Crippen molar-refractivity contribution >= 4 is 54.9 Å². The molecular formula is C38H53N3O4S4. The lowest BCUT2D eigenvalue weighted by Gasteiger charge is -2.57. The maximum Gasteiger partial charge on any atom is 0.189 e. The number of fused-ring (bicyclic) bond motifs is 4. The van der Waals surface area contributed by atoms with Crippen LogP contribution in [0, 0.1) is 40.4 Å². The maximum atomic E-state index is 14.6. The van der Waals surface area contributed by atoms with Gasteiger partial charge in [0.2, 0.25) is 0 Å². The van der Waals surface area contributed by atoms with E-state index in [2.05, 4.69) is 41.2 Å². The highest BCUT2D eigenvalue weighted by molar-refractivity contribution is 8.77. The molecule has 10 atom stereocenters. The summed E-state index contributed by atoms with van der Waals surface area (Å²) in [6, 6.07) is 6.70. The summed E-state index contributed by atoms with van der Waals surface area (Å²) in [5.74, 6) is 5.52. The summed E-state index contributed by atoms with van der Waals surface area (Å²) < 4.78 is 0. The fourth-order valence-electron chi connectivity index (χ4n) is 12.3. The first-order valence-electron chi connectivity index (χ1n) is 18.6. The van der Waals surface area contributed by atoms with Crippen LogP contribution in [0.3, 0.4) is 0 Å². The number of hydrogen-bond acceptors (Lipinski definition) is 11. The highest BCUT2D eigenvalue weighted by Gasteiger charge is 2.70. The SMILES string of the molecule is C[C@]12CCSS[C@H]3CC[C@H]4c5cc(ccc5CO)CSSC[C@H](CC5=C6C[C@H]1C[C@H](CO)[C@@H](CCCO)[C@@]62CC5=O)C[C@]31NC(N)=NC[C@H]41. The number of nitrogens with one attached hydrogen (secondary N) is 1. The summed E-state index contributed by atoms with van der Waals surface area (Å²) in [4.78, 5) is 19.4. The lowest BCUT2D eigenvalue weighted by molar-refractivity contribution is -0.125. The Morgan fingerprint density at radius 3 is 2.82 bits per heavy atom. The standard InChI is InChI=1S/C38H53N3O4S4/c1-36-8-10-46-49-34-7-6-27-28-11-22(4-5-24(28)18-43)20-47-48-21-23(15-38(34)32(27)17-40-35(39)41-38)12-29-31-14-26(36)13-25(19-44)30(3-2-9-42)37(31,36)16-33(29)45/h4-5,11,23,25-27,30,32,34,42-44H,2-3,6-10,12-21H2,1H3,(H3,39,40,41)/t23-,25-,26-,27+,30-,32-,34+,36+,37+,38-/m1/s1. The predicted molar refractivity (Wildman–Crippen MR) is 205 cm³/mol. The zero-order valence-corrected chi connectivity index (χ0v) is 32.0. The lowest BCUT2D eigenvalue weighted by Crippen LogP contribution is -2.68. The number of aliphatic hydroxyl groups excluding tert-OH is 3. The van der Waals surface area contributed by atoms with Gasteiger partial charge in [-0.1, -0.05) is 73.9 Å². The third-order valence-corrected chi connectivity index (χ3v) is 19.9. The molecule has 1 aromatic carbocycles. The quantitative estimate of drug-likeness (QED) is 0.215. The topological polar surface area (TPSA) is 128 Å². The van der Waals surface area contributed by atoms with E-state index in [1.807, 2.05) is 32.4 Å². The van der Waals surface area contributed by atoms with Gasteiger partial charge in [-0.05, 0) is 115 Å². The molecule has 0 amide bonds. The number of Topliss-reactive ketones (excluding diaryl/α,β-unsaturated/α-hetero) is 1. The average Bonchev–Trinajstić information content (AvgIpc) is 3.42. The highest BCUT2D eigenvalue weighted by Crippen LogP contribution is 2.75. The molecule has 3 saturated carbocycles. The molecule has 7 nitrogen and oxygen atoms in total. The number of nitrogens with two attached hydrogens (primary N) is 1. The molecule has 0 aromatic heterocycles. The number of carbonyl (C=O) groups is 1. The number of nitrogens with zero attached hydrogens (tertiary/aromatic N) is 1. The molecule has 0 radical (unpaired) electrons. The van der Waals surface area contributed by atoms with Crippen molar-refractivity contribution in [2.45, 2.75) is 100 Å². The Morgan fingerprint density at radius 1 is 1.12 bits per heavy atom. The van der Waals surface area contributed by atoms with Crippen molar-refractivity contribution in [2.24, 2.45) is 51.1 Å². The van der Waals surface area contributed by atoms with E-state index in [1.165, 1.54) is 16.7 Å². The first-order valence-corrected chi connectivity index (χ1v) is 23.5. The van der Waals surface area contributed by atoms with E-state index in [4.69, 9.17) is 10.7 Å². The van der Waals surface area contributed by atoms with Crippen LogP contribution in [0.25, 0.3) is 0 Å². The molecule has 3 aliphatic heterocycles. The number of rotatable bonds is 5. The van der Waals surface area contributed by atoms with Crippen molar-refractivity contribution < 1.29 is 20.1 Å². The Balaban J connectivity index is 1.26. The molecule has 7 aliphatic rings. The molecule has 4 aliphatic carbocycles. The molecule has 11 heteroatoms. The molecule has 2 spiro atoms. The van der Waals surface area contributed by atoms with Gasteiger partial charge in [0.1, 0.15) is 0 Å². The molecule has 268 valence electrons. The van der Waals surface area contributed by atoms with Crippen molar-refractivity contribution in [2.75, 3.05) is 31.3 Å². The number of benzene rings is 1. The molecule has 8 rings (SSSR count). The second-order valence-corrected chi connectivity index (χ2v) is 21.5. The Labute approximate surface area is 307 Å². The van der Waals surface area contributed by atoms with E-state index >= 15 is 0 Å². The van der Waals surface area contributed by atoms with E-state index in [-0.39, 0.29) is 59.9 Å². The summed E-state index contributed by atoms with van der Waals surface area (Å²) in [6.45, 7) is 3.55. The highest BCUT2D eigenvalue weighted by atomic mass is 33.1. The van der Waals surface area contributed by atoms with E-state index in [0.29, 0.717) is 41.8 Å². The van der Waals surface area contributed by atoms with Gasteiger partial charge in [-0.2, -0.15) is 0 Å². The number of aliphatic hydroxyl groups is 3. The van der Waals surface area contributed by atoms with Crippen LogP contribution in [-0.4, -0.2) is 69.1 Å². The minimum atomic E-state index is -0.271. The van der Waals surface area contributed by atoms with Crippen LogP contribution in [-0.2, 0) is 17.2 Å². The fraction of sp³-hybridized carbons (Fsp3) is 0.737. The fourth-order valence-corrected chi connectivity index (χ4v) is 18.1. The van der Waals surface area contributed by atoms with Gasteiger partial charge in [0.05, 0.1) is 12.1 Å². The Hall–Kier alpha value is -0.820. The van der Waals surface area contributed by atoms with Crippen molar-refractivity contribution in [1.82, 2.24) is 5.32 Å². The van der Waals surface area contributed by atoms with Crippen molar-refractivity contribution in [1.29, 1.82) is 0 Å². The van der Waals surface area contributed by atoms with Gasteiger partial charge in [-0.15, -0.1) is 0 Å². The smallest absolute Gasteiger partial charge is 0.189 e. The largest absolute Gasteiger partial charge is 0.396 e. The van der Waals surface area contributed by atoms with Crippen LogP contribution in [0.2, 0.25) is 0 Å². The van der Waals surface area contributed by atoms with Crippen LogP contribution < -0.4 is 11.1 Å². The Morgan fingerprint density at radius 2 is 2.00 bits per heavy atom. The van der Waals surface area contributed by atoms with Gasteiger partial charge >= 0.3 is 0 Å². The number of carbonyl (C=O) groups excluding carboxylic acids is 1. The van der Waals surface area contributed by atoms with Gasteiger partial charge in [0.25, 0.3) is 0 Å². The van der Waals surface area contributed by atoms with Gasteiger partial charge in [-0.3, -0.25) is 9.79 Å². The van der Waals surface area contributed by atoms with Crippen molar-refractivity contribution in [3.8, 4) is 0 Å². The minimum Gasteiger partial charge on any atom is -0.396 e. The summed E-state index contributed by atoms with van der Waals surface area (Å²) >= 11 is 0. The molecule has 10 bridgehead atoms.